The molecule has 4 nitrogen and oxygen atoms in total. The number of methoxy groups -OCH3 is 1. The summed E-state index contributed by atoms with van der Waals surface area (Å²) in [5.41, 5.74) is 1.33. The van der Waals surface area contributed by atoms with E-state index in [2.05, 4.69) is 11.4 Å². The molecule has 1 aromatic rings. The van der Waals surface area contributed by atoms with E-state index in [1.54, 1.807) is 7.11 Å². The van der Waals surface area contributed by atoms with Crippen molar-refractivity contribution in [3.05, 3.63) is 35.9 Å². The average Bonchev–Trinajstić information content (AvgIpc) is 2.59. The van der Waals surface area contributed by atoms with Crippen molar-refractivity contribution in [2.75, 3.05) is 13.7 Å². The number of carbonyl (C=O) groups is 1. The molecule has 120 valence electrons. The van der Waals surface area contributed by atoms with Gasteiger partial charge in [-0.3, -0.25) is 4.79 Å². The van der Waals surface area contributed by atoms with Gasteiger partial charge in [-0.15, -0.1) is 0 Å². The number of benzene rings is 1. The molecule has 4 heteroatoms. The molecule has 0 aromatic heterocycles. The molecule has 0 unspecified atom stereocenters. The highest BCUT2D eigenvalue weighted by Crippen LogP contribution is 2.19. The summed E-state index contributed by atoms with van der Waals surface area (Å²) in [7, 11) is 1.62. The maximum atomic E-state index is 12.3. The minimum atomic E-state index is -0.461. The molecule has 0 heterocycles. The molecule has 1 aromatic carbocycles. The monoisotopic (exact) mass is 303 g/mol. The van der Waals surface area contributed by atoms with Crippen LogP contribution in [0.15, 0.2) is 35.9 Å². The van der Waals surface area contributed by atoms with Crippen LogP contribution in [-0.4, -0.2) is 25.7 Å². The van der Waals surface area contributed by atoms with E-state index in [0.717, 1.165) is 18.6 Å². The van der Waals surface area contributed by atoms with E-state index < -0.39 is 6.10 Å². The summed E-state index contributed by atoms with van der Waals surface area (Å²) in [6, 6.07) is 7.29. The molecule has 0 radical (unpaired) electrons. The van der Waals surface area contributed by atoms with Gasteiger partial charge in [-0.25, -0.2) is 0 Å². The van der Waals surface area contributed by atoms with E-state index >= 15 is 0 Å². The number of rotatable bonds is 7. The predicted octanol–water partition coefficient (Wildman–Crippen LogP) is 3.47. The molecule has 1 atom stereocenters. The van der Waals surface area contributed by atoms with Gasteiger partial charge in [0.25, 0.3) is 5.91 Å². The molecule has 1 N–H and O–H groups in total. The first-order valence-corrected chi connectivity index (χ1v) is 7.99. The van der Waals surface area contributed by atoms with Crippen LogP contribution in [0.4, 0.5) is 0 Å². The lowest BCUT2D eigenvalue weighted by molar-refractivity contribution is -0.127. The van der Waals surface area contributed by atoms with Crippen molar-refractivity contribution in [1.82, 2.24) is 5.32 Å². The van der Waals surface area contributed by atoms with Gasteiger partial charge < -0.3 is 14.8 Å². The van der Waals surface area contributed by atoms with Crippen LogP contribution in [0.1, 0.15) is 39.0 Å². The first kappa shape index (κ1) is 16.4. The number of nitrogens with one attached hydrogen (secondary N) is 1. The standard InChI is InChI=1S/C18H25NO3/c1-3-17(22-16-11-9-15(21-2)10-12-16)18(20)19-13-14-7-5-4-6-8-14/h7,9-12,17H,3-6,8,13H2,1-2H3,(H,19,20)/t17-/m0/s1. The third-order valence-electron chi connectivity index (χ3n) is 3.88. The average molecular weight is 303 g/mol. The molecule has 0 aliphatic heterocycles. The largest absolute Gasteiger partial charge is 0.497 e. The van der Waals surface area contributed by atoms with E-state index in [4.69, 9.17) is 9.47 Å². The molecule has 1 aliphatic rings. The fourth-order valence-electron chi connectivity index (χ4n) is 2.52. The topological polar surface area (TPSA) is 47.6 Å². The van der Waals surface area contributed by atoms with E-state index in [1.807, 2.05) is 31.2 Å². The van der Waals surface area contributed by atoms with Crippen LogP contribution in [0.2, 0.25) is 0 Å². The van der Waals surface area contributed by atoms with Crippen molar-refractivity contribution in [3.8, 4) is 11.5 Å². The fourth-order valence-corrected chi connectivity index (χ4v) is 2.52. The summed E-state index contributed by atoms with van der Waals surface area (Å²) in [5.74, 6) is 1.40. The Morgan fingerprint density at radius 3 is 2.55 bits per heavy atom. The zero-order chi connectivity index (χ0) is 15.8. The quantitative estimate of drug-likeness (QED) is 0.785. The van der Waals surface area contributed by atoms with Crippen molar-refractivity contribution in [2.24, 2.45) is 0 Å². The van der Waals surface area contributed by atoms with Gasteiger partial charge in [-0.2, -0.15) is 0 Å². The van der Waals surface area contributed by atoms with Crippen molar-refractivity contribution in [3.63, 3.8) is 0 Å². The molecule has 1 amide bonds. The zero-order valence-electron chi connectivity index (χ0n) is 13.4. The number of hydrogen-bond acceptors (Lipinski definition) is 3. The van der Waals surface area contributed by atoms with E-state index in [1.165, 1.54) is 18.4 Å². The van der Waals surface area contributed by atoms with Crippen molar-refractivity contribution < 1.29 is 14.3 Å². The summed E-state index contributed by atoms with van der Waals surface area (Å²) in [4.78, 5) is 12.3. The van der Waals surface area contributed by atoms with Crippen LogP contribution in [0.5, 0.6) is 11.5 Å². The molecule has 2 rings (SSSR count). The third kappa shape index (κ3) is 4.79. The maximum absolute atomic E-state index is 12.3. The first-order chi connectivity index (χ1) is 10.7. The summed E-state index contributed by atoms with van der Waals surface area (Å²) >= 11 is 0. The summed E-state index contributed by atoms with van der Waals surface area (Å²) in [5, 5.41) is 2.99. The van der Waals surface area contributed by atoms with E-state index in [0.29, 0.717) is 18.7 Å². The van der Waals surface area contributed by atoms with Gasteiger partial charge in [0.05, 0.1) is 7.11 Å². The minimum Gasteiger partial charge on any atom is -0.497 e. The van der Waals surface area contributed by atoms with Gasteiger partial charge in [0.15, 0.2) is 6.10 Å². The summed E-state index contributed by atoms with van der Waals surface area (Å²) < 4.78 is 10.9. The third-order valence-corrected chi connectivity index (χ3v) is 3.88. The highest BCUT2D eigenvalue weighted by molar-refractivity contribution is 5.81. The molecule has 0 saturated carbocycles. The molecule has 0 fully saturated rings. The van der Waals surface area contributed by atoms with Gasteiger partial charge >= 0.3 is 0 Å². The number of amides is 1. The van der Waals surface area contributed by atoms with Crippen LogP contribution in [0.25, 0.3) is 0 Å². The summed E-state index contributed by atoms with van der Waals surface area (Å²) in [6.07, 6.45) is 7.13. The molecule has 1 aliphatic carbocycles. The van der Waals surface area contributed by atoms with Gasteiger partial charge in [-0.1, -0.05) is 18.6 Å². The van der Waals surface area contributed by atoms with Crippen molar-refractivity contribution in [1.29, 1.82) is 0 Å². The Labute approximate surface area is 132 Å². The van der Waals surface area contributed by atoms with E-state index in [-0.39, 0.29) is 5.91 Å². The lowest BCUT2D eigenvalue weighted by Gasteiger charge is -2.19. The van der Waals surface area contributed by atoms with E-state index in [9.17, 15) is 4.79 Å². The Morgan fingerprint density at radius 2 is 1.95 bits per heavy atom. The van der Waals surface area contributed by atoms with Gasteiger partial charge in [-0.05, 0) is 56.4 Å². The van der Waals surface area contributed by atoms with Crippen LogP contribution < -0.4 is 14.8 Å². The zero-order valence-corrected chi connectivity index (χ0v) is 13.4. The Hall–Kier alpha value is -1.97. The van der Waals surface area contributed by atoms with Crippen molar-refractivity contribution in [2.45, 2.75) is 45.1 Å². The number of allylic oxidation sites excluding steroid dienone is 1. The Balaban J connectivity index is 1.86. The number of carbonyl (C=O) groups excluding carboxylic acids is 1. The SMILES string of the molecule is CC[C@H](Oc1ccc(OC)cc1)C(=O)NCC1=CCCCC1. The molecule has 22 heavy (non-hydrogen) atoms. The van der Waals surface area contributed by atoms with Gasteiger partial charge in [0.2, 0.25) is 0 Å². The van der Waals surface area contributed by atoms with Crippen LogP contribution in [0.3, 0.4) is 0 Å². The van der Waals surface area contributed by atoms with Gasteiger partial charge in [0.1, 0.15) is 11.5 Å². The van der Waals surface area contributed by atoms with Crippen LogP contribution >= 0.6 is 0 Å². The Bertz CT molecular complexity index is 508. The van der Waals surface area contributed by atoms with Crippen LogP contribution in [-0.2, 0) is 4.79 Å². The maximum Gasteiger partial charge on any atom is 0.261 e. The summed E-state index contributed by atoms with van der Waals surface area (Å²) in [6.45, 7) is 2.59. The smallest absolute Gasteiger partial charge is 0.261 e. The molecule has 0 spiro atoms. The second kappa shape index (κ2) is 8.47. The van der Waals surface area contributed by atoms with Gasteiger partial charge in [0, 0.05) is 6.54 Å². The molecule has 0 saturated heterocycles. The highest BCUT2D eigenvalue weighted by atomic mass is 16.5. The minimum absolute atomic E-state index is 0.0511. The molecular formula is C18H25NO3. The lowest BCUT2D eigenvalue weighted by atomic mass is 10.00. The molecule has 0 bridgehead atoms. The second-order valence-electron chi connectivity index (χ2n) is 5.52. The predicted molar refractivity (Wildman–Crippen MR) is 87.3 cm³/mol. The second-order valence-corrected chi connectivity index (χ2v) is 5.52. The Morgan fingerprint density at radius 1 is 1.23 bits per heavy atom. The fraction of sp³-hybridized carbons (Fsp3) is 0.500. The number of hydrogen-bond donors (Lipinski definition) is 1. The Kier molecular flexibility index (Phi) is 6.31. The normalized spacial score (nSPS) is 15.6. The highest BCUT2D eigenvalue weighted by Gasteiger charge is 2.18. The first-order valence-electron chi connectivity index (χ1n) is 7.99. The lowest BCUT2D eigenvalue weighted by Crippen LogP contribution is -2.39. The van der Waals surface area contributed by atoms with Crippen molar-refractivity contribution >= 4 is 5.91 Å². The van der Waals surface area contributed by atoms with Crippen LogP contribution in [0, 0.1) is 0 Å². The number of ether oxygens (including phenoxy) is 2. The molecular weight excluding hydrogens is 278 g/mol.